The predicted octanol–water partition coefficient (Wildman–Crippen LogP) is 4.68. The van der Waals surface area contributed by atoms with E-state index < -0.39 is 5.60 Å². The Balaban J connectivity index is 1.41. The summed E-state index contributed by atoms with van der Waals surface area (Å²) in [5.41, 5.74) is 3.34. The van der Waals surface area contributed by atoms with Crippen molar-refractivity contribution in [2.24, 2.45) is 0 Å². The molecule has 164 valence electrons. The molecule has 1 saturated heterocycles. The number of nitrogens with zero attached hydrogens (tertiary/aromatic N) is 2. The molecule has 1 aliphatic rings. The molecule has 0 aromatic heterocycles. The number of hydrogen-bond acceptors (Lipinski definition) is 4. The number of likely N-dealkylation sites (tertiary alicyclic amines) is 1. The second kappa shape index (κ2) is 10.3. The van der Waals surface area contributed by atoms with Crippen LogP contribution in [-0.4, -0.2) is 54.9 Å². The molecule has 0 saturated carbocycles. The zero-order valence-electron chi connectivity index (χ0n) is 19.1. The van der Waals surface area contributed by atoms with Gasteiger partial charge in [-0.15, -0.1) is 0 Å². The number of anilines is 1. The number of aryl methyl sites for hydroxylation is 1. The molecule has 4 nitrogen and oxygen atoms in total. The third kappa shape index (κ3) is 6.75. The fourth-order valence-electron chi connectivity index (χ4n) is 4.15. The second-order valence-corrected chi connectivity index (χ2v) is 9.14. The largest absolute Gasteiger partial charge is 0.491 e. The molecule has 3 rings (SSSR count). The molecule has 0 aliphatic carbocycles. The van der Waals surface area contributed by atoms with Crippen molar-refractivity contribution in [3.05, 3.63) is 59.7 Å². The maximum Gasteiger partial charge on any atom is 0.119 e. The number of rotatable bonds is 9. The Kier molecular flexibility index (Phi) is 7.79. The van der Waals surface area contributed by atoms with E-state index in [-0.39, 0.29) is 6.10 Å². The van der Waals surface area contributed by atoms with Crippen molar-refractivity contribution in [3.63, 3.8) is 0 Å². The van der Waals surface area contributed by atoms with Crippen LogP contribution in [-0.2, 0) is 6.42 Å². The van der Waals surface area contributed by atoms with Crippen LogP contribution in [0.25, 0.3) is 0 Å². The van der Waals surface area contributed by atoms with E-state index in [4.69, 9.17) is 4.74 Å². The monoisotopic (exact) mass is 410 g/mol. The van der Waals surface area contributed by atoms with Crippen LogP contribution in [0.2, 0.25) is 0 Å². The third-order valence-electron chi connectivity index (χ3n) is 6.15. The lowest BCUT2D eigenvalue weighted by Crippen LogP contribution is -2.46. The Hall–Kier alpha value is -2.04. The molecule has 0 bridgehead atoms. The lowest BCUT2D eigenvalue weighted by molar-refractivity contribution is -0.0254. The van der Waals surface area contributed by atoms with Gasteiger partial charge in [0.15, 0.2) is 0 Å². The maximum absolute atomic E-state index is 11.1. The molecule has 1 aliphatic heterocycles. The third-order valence-corrected chi connectivity index (χ3v) is 6.15. The van der Waals surface area contributed by atoms with Crippen LogP contribution in [0.4, 0.5) is 5.69 Å². The first-order valence-corrected chi connectivity index (χ1v) is 11.3. The smallest absolute Gasteiger partial charge is 0.119 e. The molecule has 4 heteroatoms. The van der Waals surface area contributed by atoms with Crippen LogP contribution >= 0.6 is 0 Å². The van der Waals surface area contributed by atoms with Crippen molar-refractivity contribution in [1.82, 2.24) is 4.90 Å². The highest BCUT2D eigenvalue weighted by molar-refractivity contribution is 5.48. The quantitative estimate of drug-likeness (QED) is 0.651. The van der Waals surface area contributed by atoms with Gasteiger partial charge in [-0.2, -0.15) is 0 Å². The Morgan fingerprint density at radius 2 is 1.80 bits per heavy atom. The Morgan fingerprint density at radius 1 is 1.10 bits per heavy atom. The van der Waals surface area contributed by atoms with E-state index in [9.17, 15) is 5.11 Å². The molecule has 2 aromatic rings. The molecule has 0 amide bonds. The van der Waals surface area contributed by atoms with Gasteiger partial charge in [-0.05, 0) is 76.3 Å². The number of ether oxygens (including phenoxy) is 1. The molecule has 2 aromatic carbocycles. The van der Waals surface area contributed by atoms with Crippen LogP contribution < -0.4 is 9.64 Å². The van der Waals surface area contributed by atoms with Gasteiger partial charge in [0.05, 0.1) is 11.7 Å². The zero-order valence-corrected chi connectivity index (χ0v) is 19.1. The first-order valence-electron chi connectivity index (χ1n) is 11.3. The summed E-state index contributed by atoms with van der Waals surface area (Å²) in [4.78, 5) is 4.72. The summed E-state index contributed by atoms with van der Waals surface area (Å²) >= 11 is 0. The van der Waals surface area contributed by atoms with Gasteiger partial charge in [0, 0.05) is 38.9 Å². The molecule has 1 heterocycles. The summed E-state index contributed by atoms with van der Waals surface area (Å²) in [5, 5.41) is 11.1. The minimum atomic E-state index is -0.547. The zero-order chi connectivity index (χ0) is 21.6. The van der Waals surface area contributed by atoms with E-state index in [2.05, 4.69) is 60.2 Å². The first kappa shape index (κ1) is 22.6. The van der Waals surface area contributed by atoms with Gasteiger partial charge < -0.3 is 19.6 Å². The first-order chi connectivity index (χ1) is 14.3. The van der Waals surface area contributed by atoms with Gasteiger partial charge in [-0.1, -0.05) is 29.8 Å². The maximum atomic E-state index is 11.1. The summed E-state index contributed by atoms with van der Waals surface area (Å²) in [6.45, 7) is 10.1. The average molecular weight is 411 g/mol. The summed E-state index contributed by atoms with van der Waals surface area (Å²) in [7, 11) is 2.10. The van der Waals surface area contributed by atoms with Crippen molar-refractivity contribution < 1.29 is 9.84 Å². The Labute approximate surface area is 182 Å². The summed E-state index contributed by atoms with van der Waals surface area (Å²) < 4.78 is 5.72. The summed E-state index contributed by atoms with van der Waals surface area (Å²) in [6.07, 6.45) is 3.79. The highest BCUT2D eigenvalue weighted by Crippen LogP contribution is 2.27. The SMILES string of the molecule is Cc1cccc(CCN2CCC(O)(CCN(C)c3ccc(OC(C)C)cc3)CC2)c1. The molecule has 30 heavy (non-hydrogen) atoms. The van der Waals surface area contributed by atoms with Crippen LogP contribution in [0, 0.1) is 6.92 Å². The minimum absolute atomic E-state index is 0.186. The summed E-state index contributed by atoms with van der Waals surface area (Å²) in [6, 6.07) is 17.0. The molecule has 1 fully saturated rings. The fourth-order valence-corrected chi connectivity index (χ4v) is 4.15. The van der Waals surface area contributed by atoms with Gasteiger partial charge >= 0.3 is 0 Å². The van der Waals surface area contributed by atoms with Crippen molar-refractivity contribution in [1.29, 1.82) is 0 Å². The van der Waals surface area contributed by atoms with E-state index in [1.165, 1.54) is 11.1 Å². The van der Waals surface area contributed by atoms with Crippen molar-refractivity contribution in [2.45, 2.75) is 58.2 Å². The van der Waals surface area contributed by atoms with Crippen molar-refractivity contribution in [2.75, 3.05) is 38.1 Å². The van der Waals surface area contributed by atoms with Crippen LogP contribution in [0.1, 0.15) is 44.2 Å². The highest BCUT2D eigenvalue weighted by Gasteiger charge is 2.32. The molecule has 0 spiro atoms. The molecule has 1 N–H and O–H groups in total. The van der Waals surface area contributed by atoms with E-state index in [0.717, 1.165) is 63.3 Å². The average Bonchev–Trinajstić information content (AvgIpc) is 2.72. The van der Waals surface area contributed by atoms with Crippen LogP contribution in [0.5, 0.6) is 5.75 Å². The second-order valence-electron chi connectivity index (χ2n) is 9.14. The summed E-state index contributed by atoms with van der Waals surface area (Å²) in [5.74, 6) is 0.902. The number of benzene rings is 2. The Bertz CT molecular complexity index is 780. The highest BCUT2D eigenvalue weighted by atomic mass is 16.5. The number of hydrogen-bond donors (Lipinski definition) is 1. The van der Waals surface area contributed by atoms with Crippen molar-refractivity contribution >= 4 is 5.69 Å². The van der Waals surface area contributed by atoms with Gasteiger partial charge in [0.25, 0.3) is 0 Å². The predicted molar refractivity (Wildman–Crippen MR) is 126 cm³/mol. The van der Waals surface area contributed by atoms with Gasteiger partial charge in [-0.25, -0.2) is 0 Å². The lowest BCUT2D eigenvalue weighted by atomic mass is 9.88. The molecule has 0 radical (unpaired) electrons. The number of piperidine rings is 1. The molecule has 0 atom stereocenters. The normalized spacial score (nSPS) is 16.6. The van der Waals surface area contributed by atoms with E-state index in [1.807, 2.05) is 26.0 Å². The van der Waals surface area contributed by atoms with Crippen LogP contribution in [0.3, 0.4) is 0 Å². The number of aliphatic hydroxyl groups is 1. The van der Waals surface area contributed by atoms with Gasteiger partial charge in [0.2, 0.25) is 0 Å². The van der Waals surface area contributed by atoms with E-state index >= 15 is 0 Å². The minimum Gasteiger partial charge on any atom is -0.491 e. The fraction of sp³-hybridized carbons (Fsp3) is 0.538. The van der Waals surface area contributed by atoms with Crippen molar-refractivity contribution in [3.8, 4) is 5.75 Å². The topological polar surface area (TPSA) is 35.9 Å². The van der Waals surface area contributed by atoms with Crippen LogP contribution in [0.15, 0.2) is 48.5 Å². The van der Waals surface area contributed by atoms with Gasteiger partial charge in [0.1, 0.15) is 5.75 Å². The van der Waals surface area contributed by atoms with Gasteiger partial charge in [-0.3, -0.25) is 0 Å². The Morgan fingerprint density at radius 3 is 2.43 bits per heavy atom. The molecule has 0 unspecified atom stereocenters. The standard InChI is InChI=1S/C26H38N2O2/c1-21(2)30-25-10-8-24(9-11-25)27(4)17-13-26(29)14-18-28(19-15-26)16-12-23-7-5-6-22(3)20-23/h5-11,20-21,29H,12-19H2,1-4H3. The molecular formula is C26H38N2O2. The van der Waals surface area contributed by atoms with E-state index in [0.29, 0.717) is 0 Å². The lowest BCUT2D eigenvalue weighted by Gasteiger charge is -2.39. The molecular weight excluding hydrogens is 372 g/mol. The van der Waals surface area contributed by atoms with E-state index in [1.54, 1.807) is 0 Å².